The van der Waals surface area contributed by atoms with Crippen LogP contribution in [-0.4, -0.2) is 18.1 Å². The van der Waals surface area contributed by atoms with E-state index < -0.39 is 0 Å². The lowest BCUT2D eigenvalue weighted by Gasteiger charge is -2.05. The molecular formula is C8H12N2S. The highest BCUT2D eigenvalue weighted by atomic mass is 32.2. The van der Waals surface area contributed by atoms with Crippen molar-refractivity contribution >= 4 is 11.8 Å². The second-order valence-electron chi connectivity index (χ2n) is 2.40. The molecule has 3 heteroatoms. The summed E-state index contributed by atoms with van der Waals surface area (Å²) >= 11 is 1.82. The first kappa shape index (κ1) is 8.48. The molecule has 1 N–H and O–H groups in total. The van der Waals surface area contributed by atoms with Crippen LogP contribution in [0.5, 0.6) is 0 Å². The predicted molar refractivity (Wildman–Crippen MR) is 48.3 cm³/mol. The first-order valence-corrected chi connectivity index (χ1v) is 4.97. The standard InChI is InChI=1S/C8H12N2S/c1-2-8-7(5-9)6-11-4-3-10-8/h10H,2-4,6H2,1H3. The highest BCUT2D eigenvalue weighted by Crippen LogP contribution is 2.15. The Hall–Kier alpha value is -0.620. The molecule has 2 nitrogen and oxygen atoms in total. The van der Waals surface area contributed by atoms with E-state index in [4.69, 9.17) is 5.26 Å². The lowest BCUT2D eigenvalue weighted by molar-refractivity contribution is 0.809. The second kappa shape index (κ2) is 4.30. The SMILES string of the molecule is CCC1=C(C#N)CSCCN1. The van der Waals surface area contributed by atoms with E-state index in [-0.39, 0.29) is 0 Å². The number of thioether (sulfide) groups is 1. The van der Waals surface area contributed by atoms with Crippen molar-refractivity contribution in [3.63, 3.8) is 0 Å². The summed E-state index contributed by atoms with van der Waals surface area (Å²) in [6.45, 7) is 3.08. The monoisotopic (exact) mass is 168 g/mol. The molecule has 0 saturated carbocycles. The van der Waals surface area contributed by atoms with Gasteiger partial charge in [-0.3, -0.25) is 0 Å². The Labute approximate surface area is 71.7 Å². The molecule has 0 aliphatic carbocycles. The molecule has 0 bridgehead atoms. The van der Waals surface area contributed by atoms with Crippen LogP contribution in [0.3, 0.4) is 0 Å². The van der Waals surface area contributed by atoms with Crippen molar-refractivity contribution in [2.24, 2.45) is 0 Å². The van der Waals surface area contributed by atoms with E-state index in [9.17, 15) is 0 Å². The fourth-order valence-corrected chi connectivity index (χ4v) is 1.91. The van der Waals surface area contributed by atoms with Gasteiger partial charge in [0, 0.05) is 23.7 Å². The summed E-state index contributed by atoms with van der Waals surface area (Å²) in [5.41, 5.74) is 2.06. The van der Waals surface area contributed by atoms with E-state index in [0.29, 0.717) is 0 Å². The number of rotatable bonds is 1. The summed E-state index contributed by atoms with van der Waals surface area (Å²) in [4.78, 5) is 0. The molecule has 60 valence electrons. The van der Waals surface area contributed by atoms with Crippen molar-refractivity contribution in [2.75, 3.05) is 18.1 Å². The van der Waals surface area contributed by atoms with Gasteiger partial charge in [-0.1, -0.05) is 6.92 Å². The van der Waals surface area contributed by atoms with Crippen molar-refractivity contribution in [3.05, 3.63) is 11.3 Å². The summed E-state index contributed by atoms with van der Waals surface area (Å²) in [6.07, 6.45) is 0.948. The summed E-state index contributed by atoms with van der Waals surface area (Å²) in [6, 6.07) is 2.24. The predicted octanol–water partition coefficient (Wildman–Crippen LogP) is 1.51. The molecule has 1 aliphatic heterocycles. The largest absolute Gasteiger partial charge is 0.387 e. The molecule has 1 rings (SSSR count). The minimum Gasteiger partial charge on any atom is -0.387 e. The molecule has 0 aromatic rings. The van der Waals surface area contributed by atoms with Gasteiger partial charge < -0.3 is 5.32 Å². The van der Waals surface area contributed by atoms with Crippen LogP contribution in [0.1, 0.15) is 13.3 Å². The fourth-order valence-electron chi connectivity index (χ4n) is 1.08. The number of nitriles is 1. The zero-order chi connectivity index (χ0) is 8.10. The van der Waals surface area contributed by atoms with Crippen LogP contribution < -0.4 is 5.32 Å². The third-order valence-corrected chi connectivity index (χ3v) is 2.67. The fraction of sp³-hybridized carbons (Fsp3) is 0.625. The van der Waals surface area contributed by atoms with Gasteiger partial charge >= 0.3 is 0 Å². The smallest absolute Gasteiger partial charge is 0.0974 e. The van der Waals surface area contributed by atoms with Crippen molar-refractivity contribution < 1.29 is 0 Å². The van der Waals surface area contributed by atoms with Gasteiger partial charge in [0.25, 0.3) is 0 Å². The Morgan fingerprint density at radius 2 is 2.55 bits per heavy atom. The van der Waals surface area contributed by atoms with Crippen LogP contribution in [-0.2, 0) is 0 Å². The highest BCUT2D eigenvalue weighted by Gasteiger charge is 2.07. The first-order chi connectivity index (χ1) is 5.38. The minimum absolute atomic E-state index is 0.882. The van der Waals surface area contributed by atoms with E-state index >= 15 is 0 Å². The molecule has 0 spiro atoms. The number of nitrogens with one attached hydrogen (secondary N) is 1. The van der Waals surface area contributed by atoms with Crippen LogP contribution in [0.15, 0.2) is 11.3 Å². The molecule has 1 heterocycles. The summed E-state index contributed by atoms with van der Waals surface area (Å²) < 4.78 is 0. The topological polar surface area (TPSA) is 35.8 Å². The van der Waals surface area contributed by atoms with Crippen LogP contribution >= 0.6 is 11.8 Å². The van der Waals surface area contributed by atoms with Gasteiger partial charge in [0.15, 0.2) is 0 Å². The molecule has 0 aromatic carbocycles. The number of allylic oxidation sites excluding steroid dienone is 1. The Morgan fingerprint density at radius 3 is 3.18 bits per heavy atom. The molecule has 0 unspecified atom stereocenters. The Kier molecular flexibility index (Phi) is 3.31. The summed E-state index contributed by atoms with van der Waals surface area (Å²) in [5.74, 6) is 1.99. The lowest BCUT2D eigenvalue weighted by atomic mass is 10.2. The van der Waals surface area contributed by atoms with E-state index in [1.807, 2.05) is 11.8 Å². The van der Waals surface area contributed by atoms with Crippen molar-refractivity contribution in [2.45, 2.75) is 13.3 Å². The molecule has 0 radical (unpaired) electrons. The maximum atomic E-state index is 8.76. The number of hydrogen-bond donors (Lipinski definition) is 1. The van der Waals surface area contributed by atoms with E-state index in [1.54, 1.807) is 0 Å². The average molecular weight is 168 g/mol. The third-order valence-electron chi connectivity index (χ3n) is 1.68. The van der Waals surface area contributed by atoms with E-state index in [2.05, 4.69) is 18.3 Å². The highest BCUT2D eigenvalue weighted by molar-refractivity contribution is 7.99. The van der Waals surface area contributed by atoms with E-state index in [0.717, 1.165) is 35.7 Å². The molecule has 0 amide bonds. The molecule has 11 heavy (non-hydrogen) atoms. The third kappa shape index (κ3) is 2.16. The maximum absolute atomic E-state index is 8.76. The van der Waals surface area contributed by atoms with Gasteiger partial charge in [0.2, 0.25) is 0 Å². The van der Waals surface area contributed by atoms with Crippen molar-refractivity contribution in [1.82, 2.24) is 5.32 Å². The van der Waals surface area contributed by atoms with Gasteiger partial charge in [0.1, 0.15) is 0 Å². The first-order valence-electron chi connectivity index (χ1n) is 3.82. The normalized spacial score (nSPS) is 18.5. The number of hydrogen-bond acceptors (Lipinski definition) is 3. The van der Waals surface area contributed by atoms with Crippen LogP contribution in [0.2, 0.25) is 0 Å². The van der Waals surface area contributed by atoms with Gasteiger partial charge in [-0.2, -0.15) is 17.0 Å². The molecule has 0 fully saturated rings. The van der Waals surface area contributed by atoms with Crippen LogP contribution in [0, 0.1) is 11.3 Å². The molecule has 0 aromatic heterocycles. The summed E-state index contributed by atoms with van der Waals surface area (Å²) in [7, 11) is 0. The second-order valence-corrected chi connectivity index (χ2v) is 3.51. The molecule has 1 aliphatic rings. The van der Waals surface area contributed by atoms with Crippen LogP contribution in [0.4, 0.5) is 0 Å². The van der Waals surface area contributed by atoms with E-state index in [1.165, 1.54) is 0 Å². The molecule has 0 saturated heterocycles. The van der Waals surface area contributed by atoms with Crippen molar-refractivity contribution in [1.29, 1.82) is 5.26 Å². The zero-order valence-electron chi connectivity index (χ0n) is 6.68. The van der Waals surface area contributed by atoms with Crippen molar-refractivity contribution in [3.8, 4) is 6.07 Å². The summed E-state index contributed by atoms with van der Waals surface area (Å²) in [5, 5.41) is 12.0. The van der Waals surface area contributed by atoms with Gasteiger partial charge in [-0.15, -0.1) is 0 Å². The average Bonchev–Trinajstić information content (AvgIpc) is 2.27. The van der Waals surface area contributed by atoms with Gasteiger partial charge in [-0.05, 0) is 6.42 Å². The Bertz CT molecular complexity index is 203. The molecule has 0 atom stereocenters. The zero-order valence-corrected chi connectivity index (χ0v) is 7.50. The van der Waals surface area contributed by atoms with Gasteiger partial charge in [0.05, 0.1) is 11.6 Å². The molecular weight excluding hydrogens is 156 g/mol. The minimum atomic E-state index is 0.882. The Balaban J connectivity index is 2.74. The Morgan fingerprint density at radius 1 is 1.73 bits per heavy atom. The lowest BCUT2D eigenvalue weighted by Crippen LogP contribution is -2.15. The van der Waals surface area contributed by atoms with Gasteiger partial charge in [-0.25, -0.2) is 0 Å². The maximum Gasteiger partial charge on any atom is 0.0974 e. The quantitative estimate of drug-likeness (QED) is 0.644. The van der Waals surface area contributed by atoms with Crippen LogP contribution in [0.25, 0.3) is 0 Å². The number of nitrogens with zero attached hydrogens (tertiary/aromatic N) is 1.